The molecular formula is C25H22N4O3. The van der Waals surface area contributed by atoms with Crippen LogP contribution in [0.3, 0.4) is 0 Å². The van der Waals surface area contributed by atoms with Crippen LogP contribution in [0.4, 0.5) is 11.4 Å². The number of amides is 2. The van der Waals surface area contributed by atoms with Gasteiger partial charge in [0.1, 0.15) is 5.76 Å². The van der Waals surface area contributed by atoms with E-state index in [1.165, 1.54) is 0 Å². The summed E-state index contributed by atoms with van der Waals surface area (Å²) in [5.41, 5.74) is 4.34. The van der Waals surface area contributed by atoms with Crippen LogP contribution in [-0.4, -0.2) is 29.9 Å². The number of oxazole rings is 1. The van der Waals surface area contributed by atoms with E-state index in [-0.39, 0.29) is 18.2 Å². The third kappa shape index (κ3) is 3.65. The molecule has 160 valence electrons. The molecule has 0 N–H and O–H groups in total. The summed E-state index contributed by atoms with van der Waals surface area (Å²) >= 11 is 0. The summed E-state index contributed by atoms with van der Waals surface area (Å²) in [5, 5.41) is 9.13. The van der Waals surface area contributed by atoms with Gasteiger partial charge in [0.25, 0.3) is 0 Å². The Morgan fingerprint density at radius 3 is 2.94 bits per heavy atom. The first-order valence-electron chi connectivity index (χ1n) is 10.7. The smallest absolute Gasteiger partial charge is 0.232 e. The molecule has 0 radical (unpaired) electrons. The Morgan fingerprint density at radius 2 is 2.16 bits per heavy atom. The van der Waals surface area contributed by atoms with E-state index in [1.54, 1.807) is 35.4 Å². The van der Waals surface area contributed by atoms with Crippen molar-refractivity contribution in [2.45, 2.75) is 26.2 Å². The lowest BCUT2D eigenvalue weighted by atomic mass is 10.0. The molecule has 7 nitrogen and oxygen atoms in total. The van der Waals surface area contributed by atoms with Gasteiger partial charge in [-0.3, -0.25) is 9.59 Å². The van der Waals surface area contributed by atoms with Crippen molar-refractivity contribution >= 4 is 23.2 Å². The van der Waals surface area contributed by atoms with Crippen LogP contribution in [0.15, 0.2) is 53.1 Å². The van der Waals surface area contributed by atoms with E-state index >= 15 is 0 Å². The molecule has 1 atom stereocenters. The zero-order chi connectivity index (χ0) is 22.2. The molecular weight excluding hydrogens is 404 g/mol. The van der Waals surface area contributed by atoms with Crippen molar-refractivity contribution in [2.24, 2.45) is 5.92 Å². The van der Waals surface area contributed by atoms with E-state index in [9.17, 15) is 9.59 Å². The summed E-state index contributed by atoms with van der Waals surface area (Å²) in [4.78, 5) is 33.5. The number of hydrogen-bond acceptors (Lipinski definition) is 5. The van der Waals surface area contributed by atoms with Crippen molar-refractivity contribution < 1.29 is 14.0 Å². The number of aromatic nitrogens is 1. The van der Waals surface area contributed by atoms with Crippen LogP contribution in [-0.2, 0) is 22.4 Å². The summed E-state index contributed by atoms with van der Waals surface area (Å²) in [6, 6.07) is 15.2. The molecule has 3 heterocycles. The Hall–Kier alpha value is -3.92. The normalized spacial score (nSPS) is 17.5. The topological polar surface area (TPSA) is 90.4 Å². The standard InChI is InChI=1S/C25H22N4O3/c1-16-27-14-22(32-16)11-17-5-6-23-19(9-17)7-8-28(23)25(31)20-12-24(30)29(15-20)21-4-2-3-18(10-21)13-26/h2-6,9-10,14,20H,7-8,11-12,15H2,1H3/t20-/m0/s1. The first-order valence-corrected chi connectivity index (χ1v) is 10.7. The zero-order valence-electron chi connectivity index (χ0n) is 17.7. The Bertz CT molecular complexity index is 1260. The van der Waals surface area contributed by atoms with Gasteiger partial charge in [0.05, 0.1) is 23.7 Å². The molecule has 0 aliphatic carbocycles. The second-order valence-corrected chi connectivity index (χ2v) is 8.29. The van der Waals surface area contributed by atoms with Crippen molar-refractivity contribution in [1.82, 2.24) is 4.98 Å². The number of nitriles is 1. The molecule has 2 aliphatic rings. The third-order valence-corrected chi connectivity index (χ3v) is 6.11. The predicted octanol–water partition coefficient (Wildman–Crippen LogP) is 3.39. The lowest BCUT2D eigenvalue weighted by Gasteiger charge is -2.22. The summed E-state index contributed by atoms with van der Waals surface area (Å²) < 4.78 is 5.57. The highest BCUT2D eigenvalue weighted by Crippen LogP contribution is 2.33. The fourth-order valence-corrected chi connectivity index (χ4v) is 4.57. The van der Waals surface area contributed by atoms with Gasteiger partial charge < -0.3 is 14.2 Å². The van der Waals surface area contributed by atoms with E-state index in [0.717, 1.165) is 29.0 Å². The van der Waals surface area contributed by atoms with Crippen LogP contribution in [0.1, 0.15) is 34.8 Å². The number of aryl methyl sites for hydroxylation is 1. The highest BCUT2D eigenvalue weighted by molar-refractivity contribution is 6.05. The minimum atomic E-state index is -0.393. The van der Waals surface area contributed by atoms with Gasteiger partial charge in [-0.2, -0.15) is 5.26 Å². The van der Waals surface area contributed by atoms with Crippen LogP contribution in [0, 0.1) is 24.2 Å². The predicted molar refractivity (Wildman–Crippen MR) is 118 cm³/mol. The van der Waals surface area contributed by atoms with E-state index in [1.807, 2.05) is 24.0 Å². The molecule has 0 unspecified atom stereocenters. The quantitative estimate of drug-likeness (QED) is 0.638. The second-order valence-electron chi connectivity index (χ2n) is 8.29. The highest BCUT2D eigenvalue weighted by Gasteiger charge is 2.39. The van der Waals surface area contributed by atoms with Crippen LogP contribution in [0.5, 0.6) is 0 Å². The first-order chi connectivity index (χ1) is 15.5. The number of hydrogen-bond donors (Lipinski definition) is 0. The molecule has 0 spiro atoms. The van der Waals surface area contributed by atoms with Crippen molar-refractivity contribution in [2.75, 3.05) is 22.9 Å². The molecule has 7 heteroatoms. The van der Waals surface area contributed by atoms with E-state index in [2.05, 4.69) is 17.1 Å². The summed E-state index contributed by atoms with van der Waals surface area (Å²) in [5.74, 6) is 0.970. The van der Waals surface area contributed by atoms with E-state index in [4.69, 9.17) is 9.68 Å². The molecule has 2 aromatic carbocycles. The van der Waals surface area contributed by atoms with Crippen molar-refractivity contribution in [1.29, 1.82) is 5.26 Å². The number of rotatable bonds is 4. The van der Waals surface area contributed by atoms with Crippen LogP contribution in [0.25, 0.3) is 0 Å². The Labute approximate surface area is 185 Å². The summed E-state index contributed by atoms with van der Waals surface area (Å²) in [6.07, 6.45) is 3.38. The maximum atomic E-state index is 13.3. The Balaban J connectivity index is 1.31. The molecule has 32 heavy (non-hydrogen) atoms. The molecule has 1 fully saturated rings. The molecule has 3 aromatic rings. The largest absolute Gasteiger partial charge is 0.446 e. The SMILES string of the molecule is Cc1ncc(Cc2ccc3c(c2)CCN3C(=O)[C@H]2CC(=O)N(c3cccc(C#N)c3)C2)o1. The lowest BCUT2D eigenvalue weighted by Crippen LogP contribution is -2.36. The number of anilines is 2. The summed E-state index contributed by atoms with van der Waals surface area (Å²) in [7, 11) is 0. The van der Waals surface area contributed by atoms with E-state index < -0.39 is 5.92 Å². The number of carbonyl (C=O) groups is 2. The second kappa shape index (κ2) is 7.97. The monoisotopic (exact) mass is 426 g/mol. The number of benzene rings is 2. The molecule has 0 saturated carbocycles. The van der Waals surface area contributed by atoms with Crippen molar-refractivity contribution in [3.63, 3.8) is 0 Å². The molecule has 2 aliphatic heterocycles. The van der Waals surface area contributed by atoms with Gasteiger partial charge in [0.2, 0.25) is 11.8 Å². The average molecular weight is 426 g/mol. The Kier molecular flexibility index (Phi) is 4.98. The molecule has 2 amide bonds. The van der Waals surface area contributed by atoms with Crippen molar-refractivity contribution in [3.8, 4) is 6.07 Å². The maximum Gasteiger partial charge on any atom is 0.232 e. The fourth-order valence-electron chi connectivity index (χ4n) is 4.57. The average Bonchev–Trinajstić information content (AvgIpc) is 3.51. The van der Waals surface area contributed by atoms with Gasteiger partial charge in [0, 0.05) is 44.2 Å². The minimum absolute atomic E-state index is 0.0188. The van der Waals surface area contributed by atoms with Gasteiger partial charge in [0.15, 0.2) is 5.89 Å². The van der Waals surface area contributed by atoms with Crippen molar-refractivity contribution in [3.05, 3.63) is 77.0 Å². The molecule has 0 bridgehead atoms. The van der Waals surface area contributed by atoms with E-state index in [0.29, 0.717) is 36.7 Å². The van der Waals surface area contributed by atoms with Crippen LogP contribution in [0.2, 0.25) is 0 Å². The minimum Gasteiger partial charge on any atom is -0.446 e. The van der Waals surface area contributed by atoms with Gasteiger partial charge in [-0.05, 0) is 41.8 Å². The number of fused-ring (bicyclic) bond motifs is 1. The van der Waals surface area contributed by atoms with Crippen LogP contribution >= 0.6 is 0 Å². The number of nitrogens with zero attached hydrogens (tertiary/aromatic N) is 4. The first kappa shape index (κ1) is 20.0. The lowest BCUT2D eigenvalue weighted by molar-refractivity contribution is -0.124. The number of carbonyl (C=O) groups excluding carboxylic acids is 2. The van der Waals surface area contributed by atoms with Gasteiger partial charge in [-0.15, -0.1) is 0 Å². The van der Waals surface area contributed by atoms with Gasteiger partial charge in [-0.1, -0.05) is 18.2 Å². The molecule has 1 aromatic heterocycles. The maximum absolute atomic E-state index is 13.3. The summed E-state index contributed by atoms with van der Waals surface area (Å²) in [6.45, 7) is 2.78. The fraction of sp³-hybridized carbons (Fsp3) is 0.280. The Morgan fingerprint density at radius 1 is 1.28 bits per heavy atom. The highest BCUT2D eigenvalue weighted by atomic mass is 16.3. The molecule has 5 rings (SSSR count). The van der Waals surface area contributed by atoms with Gasteiger partial charge in [-0.25, -0.2) is 4.98 Å². The zero-order valence-corrected chi connectivity index (χ0v) is 17.7. The third-order valence-electron chi connectivity index (χ3n) is 6.11. The molecule has 1 saturated heterocycles. The van der Waals surface area contributed by atoms with Crippen LogP contribution < -0.4 is 9.80 Å². The van der Waals surface area contributed by atoms with Gasteiger partial charge >= 0.3 is 0 Å².